The topological polar surface area (TPSA) is 71.0 Å². The maximum Gasteiger partial charge on any atom is 0.137 e. The molecule has 5 nitrogen and oxygen atoms in total. The highest BCUT2D eigenvalue weighted by molar-refractivity contribution is 6.18. The van der Waals surface area contributed by atoms with E-state index in [0.29, 0.717) is 0 Å². The maximum atomic E-state index is 6.37. The van der Waals surface area contributed by atoms with Crippen LogP contribution in [0.3, 0.4) is 0 Å². The fourth-order valence-corrected chi connectivity index (χ4v) is 8.74. The van der Waals surface area contributed by atoms with Crippen molar-refractivity contribution in [3.05, 3.63) is 146 Å². The molecule has 0 aliphatic rings. The van der Waals surface area contributed by atoms with Crippen molar-refractivity contribution in [2.24, 2.45) is 0 Å². The van der Waals surface area contributed by atoms with E-state index in [1.165, 1.54) is 21.5 Å². The first-order chi connectivity index (χ1) is 26.2. The Hall–Kier alpha value is -7.24. The summed E-state index contributed by atoms with van der Waals surface area (Å²) in [5, 5.41) is 11.5. The number of hydrogen-bond donors (Lipinski definition) is 2. The van der Waals surface area contributed by atoms with Crippen molar-refractivity contribution in [1.29, 1.82) is 0 Å². The average Bonchev–Trinajstić information content (AvgIpc) is 4.01. The molecule has 53 heavy (non-hydrogen) atoms. The molecule has 246 valence electrons. The summed E-state index contributed by atoms with van der Waals surface area (Å²) in [5.74, 6) is 0. The molecule has 8 aromatic carbocycles. The Morgan fingerprint density at radius 2 is 0.585 bits per heavy atom. The third-order valence-corrected chi connectivity index (χ3v) is 11.3. The molecule has 13 rings (SSSR count). The van der Waals surface area contributed by atoms with Gasteiger partial charge in [0.15, 0.2) is 0 Å². The van der Waals surface area contributed by atoms with Gasteiger partial charge in [0.1, 0.15) is 33.5 Å². The zero-order valence-electron chi connectivity index (χ0n) is 28.1. The molecule has 0 radical (unpaired) electrons. The molecule has 5 heterocycles. The third-order valence-electron chi connectivity index (χ3n) is 11.3. The molecule has 0 aliphatic carbocycles. The van der Waals surface area contributed by atoms with Gasteiger partial charge in [-0.2, -0.15) is 0 Å². The van der Waals surface area contributed by atoms with Crippen LogP contribution in [0, 0.1) is 0 Å². The summed E-state index contributed by atoms with van der Waals surface area (Å²) in [5.41, 5.74) is 14.2. The van der Waals surface area contributed by atoms with E-state index < -0.39 is 0 Å². The van der Waals surface area contributed by atoms with Crippen molar-refractivity contribution in [3.63, 3.8) is 0 Å². The van der Waals surface area contributed by atoms with Crippen LogP contribution in [0.4, 0.5) is 0 Å². The van der Waals surface area contributed by atoms with Crippen molar-refractivity contribution in [1.82, 2.24) is 9.97 Å². The van der Waals surface area contributed by atoms with Crippen molar-refractivity contribution >= 4 is 109 Å². The van der Waals surface area contributed by atoms with Gasteiger partial charge in [0.2, 0.25) is 0 Å². The molecule has 0 amide bonds. The Bertz CT molecular complexity index is 3450. The lowest BCUT2D eigenvalue weighted by atomic mass is 9.98. The number of benzene rings is 8. The number of rotatable bonds is 2. The van der Waals surface area contributed by atoms with Gasteiger partial charge >= 0.3 is 0 Å². The van der Waals surface area contributed by atoms with Crippen molar-refractivity contribution < 1.29 is 13.3 Å². The van der Waals surface area contributed by atoms with Crippen molar-refractivity contribution in [2.45, 2.75) is 0 Å². The van der Waals surface area contributed by atoms with Crippen LogP contribution >= 0.6 is 0 Å². The van der Waals surface area contributed by atoms with E-state index in [4.69, 9.17) is 13.3 Å². The monoisotopic (exact) mass is 678 g/mol. The molecule has 5 heteroatoms. The molecule has 0 bridgehead atoms. The number of H-pyrrole nitrogens is 2. The molecule has 0 unspecified atom stereocenters. The molecule has 13 aromatic rings. The van der Waals surface area contributed by atoms with Crippen LogP contribution in [0.15, 0.2) is 159 Å². The summed E-state index contributed by atoms with van der Waals surface area (Å²) in [7, 11) is 0. The van der Waals surface area contributed by atoms with E-state index in [-0.39, 0.29) is 0 Å². The smallest absolute Gasteiger partial charge is 0.137 e. The Labute approximate surface area is 299 Å². The van der Waals surface area contributed by atoms with E-state index in [0.717, 1.165) is 110 Å². The number of nitrogens with one attached hydrogen (secondary N) is 2. The first-order valence-corrected chi connectivity index (χ1v) is 17.9. The van der Waals surface area contributed by atoms with Gasteiger partial charge < -0.3 is 23.2 Å². The Morgan fingerprint density at radius 1 is 0.245 bits per heavy atom. The Kier molecular flexibility index (Phi) is 5.06. The van der Waals surface area contributed by atoms with Crippen molar-refractivity contribution in [2.75, 3.05) is 0 Å². The summed E-state index contributed by atoms with van der Waals surface area (Å²) in [6.07, 6.45) is 0. The van der Waals surface area contributed by atoms with Crippen LogP contribution in [0.1, 0.15) is 0 Å². The van der Waals surface area contributed by atoms with Crippen LogP contribution in [-0.2, 0) is 0 Å². The molecular formula is C48H26N2O3. The Morgan fingerprint density at radius 3 is 0.981 bits per heavy atom. The zero-order chi connectivity index (χ0) is 34.4. The first-order valence-electron chi connectivity index (χ1n) is 17.9. The average molecular weight is 679 g/mol. The van der Waals surface area contributed by atoms with E-state index >= 15 is 0 Å². The normalized spacial score (nSPS) is 12.5. The minimum absolute atomic E-state index is 0.872. The van der Waals surface area contributed by atoms with E-state index in [2.05, 4.69) is 156 Å². The van der Waals surface area contributed by atoms with Crippen LogP contribution < -0.4 is 0 Å². The second-order valence-electron chi connectivity index (χ2n) is 14.3. The Balaban J connectivity index is 0.937. The highest BCUT2D eigenvalue weighted by atomic mass is 16.3. The van der Waals surface area contributed by atoms with Gasteiger partial charge in [-0.25, -0.2) is 0 Å². The second kappa shape index (κ2) is 9.75. The predicted molar refractivity (Wildman–Crippen MR) is 218 cm³/mol. The zero-order valence-corrected chi connectivity index (χ0v) is 28.1. The molecule has 5 aromatic heterocycles. The molecule has 0 fully saturated rings. The van der Waals surface area contributed by atoms with Gasteiger partial charge in [-0.3, -0.25) is 0 Å². The molecule has 0 saturated carbocycles. The van der Waals surface area contributed by atoms with Crippen molar-refractivity contribution in [3.8, 4) is 22.3 Å². The first kappa shape index (κ1) is 27.5. The van der Waals surface area contributed by atoms with Gasteiger partial charge in [-0.15, -0.1) is 0 Å². The number of furan rings is 3. The molecule has 2 N–H and O–H groups in total. The molecular weight excluding hydrogens is 653 g/mol. The standard InChI is InChI=1S/C48H26N2O3/c1-3-7-39-29(5-1)31-21-37-35-19-27(11-15-45(35)52-47(37)23-41(31)49-39)25-9-13-43-33(17-25)34-18-26(10-14-44(34)51-43)28-12-16-46-36(20-28)38-22-32-30-6-2-4-8-40(30)50-42(32)24-48(38)53-46/h1-24,49-50H. The van der Waals surface area contributed by atoms with Gasteiger partial charge in [-0.05, 0) is 95.1 Å². The van der Waals surface area contributed by atoms with Crippen LogP contribution in [0.2, 0.25) is 0 Å². The third kappa shape index (κ3) is 3.80. The molecule has 0 spiro atoms. The van der Waals surface area contributed by atoms with E-state index in [1.54, 1.807) is 0 Å². The van der Waals surface area contributed by atoms with Crippen LogP contribution in [0.25, 0.3) is 132 Å². The van der Waals surface area contributed by atoms with Crippen LogP contribution in [0.5, 0.6) is 0 Å². The van der Waals surface area contributed by atoms with E-state index in [9.17, 15) is 0 Å². The number of aromatic amines is 2. The summed E-state index contributed by atoms with van der Waals surface area (Å²) in [6, 6.07) is 51.6. The minimum Gasteiger partial charge on any atom is -0.456 e. The largest absolute Gasteiger partial charge is 0.456 e. The van der Waals surface area contributed by atoms with Crippen LogP contribution in [-0.4, -0.2) is 9.97 Å². The summed E-state index contributed by atoms with van der Waals surface area (Å²) in [4.78, 5) is 7.09. The fourth-order valence-electron chi connectivity index (χ4n) is 8.74. The number of aromatic nitrogens is 2. The van der Waals surface area contributed by atoms with Gasteiger partial charge in [0.05, 0.1) is 11.0 Å². The summed E-state index contributed by atoms with van der Waals surface area (Å²) >= 11 is 0. The van der Waals surface area contributed by atoms with Gasteiger partial charge in [0, 0.05) is 77.0 Å². The summed E-state index contributed by atoms with van der Waals surface area (Å²) < 4.78 is 19.1. The lowest BCUT2D eigenvalue weighted by molar-refractivity contribution is 0.668. The lowest BCUT2D eigenvalue weighted by Gasteiger charge is -2.04. The maximum absolute atomic E-state index is 6.37. The predicted octanol–water partition coefficient (Wildman–Crippen LogP) is 14.0. The SMILES string of the molecule is c1ccc2c(c1)[nH]c1cc3oc4ccc(-c5ccc6oc7ccc(-c8ccc9oc%10cc%11[nH]c%12ccccc%12c%11cc%10c9c8)cc7c6c5)cc4c3cc12. The number of fused-ring (bicyclic) bond motifs is 15. The number of hydrogen-bond acceptors (Lipinski definition) is 3. The quantitative estimate of drug-likeness (QED) is 0.191. The number of para-hydroxylation sites is 2. The molecule has 0 aliphatic heterocycles. The lowest BCUT2D eigenvalue weighted by Crippen LogP contribution is -1.80. The second-order valence-corrected chi connectivity index (χ2v) is 14.3. The highest BCUT2D eigenvalue weighted by Crippen LogP contribution is 2.41. The molecule has 0 atom stereocenters. The van der Waals surface area contributed by atoms with Gasteiger partial charge in [-0.1, -0.05) is 60.7 Å². The fraction of sp³-hybridized carbons (Fsp3) is 0. The highest BCUT2D eigenvalue weighted by Gasteiger charge is 2.16. The summed E-state index contributed by atoms with van der Waals surface area (Å²) in [6.45, 7) is 0. The molecule has 0 saturated heterocycles. The van der Waals surface area contributed by atoms with Gasteiger partial charge in [0.25, 0.3) is 0 Å². The van der Waals surface area contributed by atoms with E-state index in [1.807, 2.05) is 0 Å². The minimum atomic E-state index is 0.872.